The number of unbranched alkanes of at least 4 members (excludes halogenated alkanes) is 3. The fraction of sp³-hybridized carbons (Fsp3) is 0.818. The highest BCUT2D eigenvalue weighted by atomic mass is 15.4. The summed E-state index contributed by atoms with van der Waals surface area (Å²) < 4.78 is 0. The van der Waals surface area contributed by atoms with E-state index < -0.39 is 0 Å². The van der Waals surface area contributed by atoms with Gasteiger partial charge < -0.3 is 0 Å². The number of hydrogen-bond acceptors (Lipinski definition) is 2. The highest BCUT2D eigenvalue weighted by molar-refractivity contribution is 4.95. The fourth-order valence-electron chi connectivity index (χ4n) is 1.79. The predicted molar refractivity (Wildman–Crippen MR) is 57.2 cm³/mol. The third-order valence-electron chi connectivity index (χ3n) is 2.67. The molecule has 0 aromatic heterocycles. The first-order chi connectivity index (χ1) is 6.34. The Morgan fingerprint density at radius 3 is 2.92 bits per heavy atom. The molecule has 1 aliphatic heterocycles. The Balaban J connectivity index is 2.08. The van der Waals surface area contributed by atoms with Crippen LogP contribution in [-0.2, 0) is 0 Å². The van der Waals surface area contributed by atoms with Crippen molar-refractivity contribution in [2.45, 2.75) is 51.5 Å². The molecule has 2 N–H and O–H groups in total. The Morgan fingerprint density at radius 2 is 2.31 bits per heavy atom. The lowest BCUT2D eigenvalue weighted by atomic mass is 10.1. The first kappa shape index (κ1) is 10.7. The van der Waals surface area contributed by atoms with Gasteiger partial charge in [-0.3, -0.25) is 5.84 Å². The molecule has 1 rings (SSSR count). The van der Waals surface area contributed by atoms with Crippen LogP contribution >= 0.6 is 0 Å². The minimum Gasteiger partial charge on any atom is -0.268 e. The maximum absolute atomic E-state index is 5.80. The van der Waals surface area contributed by atoms with Gasteiger partial charge in [0, 0.05) is 12.6 Å². The molecule has 1 aliphatic rings. The standard InChI is InChI=1S/C11H22N2/c1-2-3-4-5-6-8-11-9-7-10-13(11)12/h6,8,11H,2-5,7,9-10,12H2,1H3/b8-6+. The van der Waals surface area contributed by atoms with E-state index in [1.165, 1.54) is 38.5 Å². The number of allylic oxidation sites excluding steroid dienone is 1. The molecule has 1 saturated heterocycles. The number of nitrogens with two attached hydrogens (primary N) is 1. The van der Waals surface area contributed by atoms with E-state index in [9.17, 15) is 0 Å². The second kappa shape index (κ2) is 6.17. The molecule has 0 aromatic rings. The van der Waals surface area contributed by atoms with E-state index in [1.807, 2.05) is 5.01 Å². The summed E-state index contributed by atoms with van der Waals surface area (Å²) in [5.74, 6) is 5.80. The Morgan fingerprint density at radius 1 is 1.46 bits per heavy atom. The molecule has 0 amide bonds. The van der Waals surface area contributed by atoms with Crippen molar-refractivity contribution in [2.75, 3.05) is 6.54 Å². The first-order valence-electron chi connectivity index (χ1n) is 5.52. The van der Waals surface area contributed by atoms with Crippen molar-refractivity contribution >= 4 is 0 Å². The summed E-state index contributed by atoms with van der Waals surface area (Å²) >= 11 is 0. The van der Waals surface area contributed by atoms with Gasteiger partial charge in [0.25, 0.3) is 0 Å². The Hall–Kier alpha value is -0.340. The molecule has 0 bridgehead atoms. The zero-order valence-corrected chi connectivity index (χ0v) is 8.71. The van der Waals surface area contributed by atoms with Crippen molar-refractivity contribution in [1.29, 1.82) is 0 Å². The van der Waals surface area contributed by atoms with Crippen molar-refractivity contribution in [1.82, 2.24) is 5.01 Å². The van der Waals surface area contributed by atoms with Gasteiger partial charge >= 0.3 is 0 Å². The van der Waals surface area contributed by atoms with E-state index in [1.54, 1.807) is 0 Å². The molecule has 0 saturated carbocycles. The minimum absolute atomic E-state index is 0.515. The van der Waals surface area contributed by atoms with Gasteiger partial charge in [0.1, 0.15) is 0 Å². The summed E-state index contributed by atoms with van der Waals surface area (Å²) in [5, 5.41) is 1.95. The minimum atomic E-state index is 0.515. The second-order valence-corrected chi connectivity index (χ2v) is 3.87. The van der Waals surface area contributed by atoms with Crippen molar-refractivity contribution in [3.8, 4) is 0 Å². The van der Waals surface area contributed by atoms with Crippen LogP contribution in [0, 0.1) is 0 Å². The highest BCUT2D eigenvalue weighted by Gasteiger charge is 2.17. The molecule has 1 fully saturated rings. The number of nitrogens with zero attached hydrogens (tertiary/aromatic N) is 1. The summed E-state index contributed by atoms with van der Waals surface area (Å²) in [7, 11) is 0. The van der Waals surface area contributed by atoms with Crippen LogP contribution < -0.4 is 5.84 Å². The van der Waals surface area contributed by atoms with Gasteiger partial charge in [0.05, 0.1) is 0 Å². The van der Waals surface area contributed by atoms with E-state index in [0.717, 1.165) is 6.54 Å². The first-order valence-corrected chi connectivity index (χ1v) is 5.52. The quantitative estimate of drug-likeness (QED) is 0.402. The van der Waals surface area contributed by atoms with Gasteiger partial charge in [-0.2, -0.15) is 0 Å². The molecule has 1 heterocycles. The number of rotatable bonds is 5. The Labute approximate surface area is 81.8 Å². The van der Waals surface area contributed by atoms with Gasteiger partial charge in [-0.15, -0.1) is 0 Å². The Bertz CT molecular complexity index is 154. The molecule has 1 unspecified atom stereocenters. The predicted octanol–water partition coefficient (Wildman–Crippen LogP) is 2.46. The lowest BCUT2D eigenvalue weighted by Crippen LogP contribution is -2.34. The van der Waals surface area contributed by atoms with Crippen molar-refractivity contribution in [2.24, 2.45) is 5.84 Å². The maximum Gasteiger partial charge on any atom is 0.0421 e. The molecular formula is C11H22N2. The SMILES string of the molecule is CCCCC/C=C/C1CCCN1N. The molecular weight excluding hydrogens is 160 g/mol. The zero-order chi connectivity index (χ0) is 9.52. The van der Waals surface area contributed by atoms with Crippen molar-refractivity contribution in [3.05, 3.63) is 12.2 Å². The van der Waals surface area contributed by atoms with Crippen molar-refractivity contribution < 1.29 is 0 Å². The number of hydrazine groups is 1. The van der Waals surface area contributed by atoms with Gasteiger partial charge in [-0.25, -0.2) is 5.01 Å². The van der Waals surface area contributed by atoms with Crippen LogP contribution in [0.5, 0.6) is 0 Å². The summed E-state index contributed by atoms with van der Waals surface area (Å²) in [4.78, 5) is 0. The normalized spacial score (nSPS) is 24.6. The van der Waals surface area contributed by atoms with Crippen LogP contribution in [0.4, 0.5) is 0 Å². The molecule has 13 heavy (non-hydrogen) atoms. The van der Waals surface area contributed by atoms with Gasteiger partial charge in [0.2, 0.25) is 0 Å². The summed E-state index contributed by atoms with van der Waals surface area (Å²) in [6, 6.07) is 0.515. The number of hydrogen-bond donors (Lipinski definition) is 1. The summed E-state index contributed by atoms with van der Waals surface area (Å²) in [5.41, 5.74) is 0. The monoisotopic (exact) mass is 182 g/mol. The smallest absolute Gasteiger partial charge is 0.0421 e. The molecule has 0 radical (unpaired) electrons. The van der Waals surface area contributed by atoms with Crippen LogP contribution in [0.1, 0.15) is 45.4 Å². The molecule has 0 spiro atoms. The van der Waals surface area contributed by atoms with E-state index >= 15 is 0 Å². The van der Waals surface area contributed by atoms with E-state index in [0.29, 0.717) is 6.04 Å². The third kappa shape index (κ3) is 3.92. The third-order valence-corrected chi connectivity index (χ3v) is 2.67. The topological polar surface area (TPSA) is 29.3 Å². The van der Waals surface area contributed by atoms with E-state index in [4.69, 9.17) is 5.84 Å². The van der Waals surface area contributed by atoms with Crippen LogP contribution in [0.15, 0.2) is 12.2 Å². The lowest BCUT2D eigenvalue weighted by Gasteiger charge is -2.14. The fourth-order valence-corrected chi connectivity index (χ4v) is 1.79. The van der Waals surface area contributed by atoms with E-state index in [2.05, 4.69) is 19.1 Å². The van der Waals surface area contributed by atoms with Crippen LogP contribution in [0.2, 0.25) is 0 Å². The average molecular weight is 182 g/mol. The summed E-state index contributed by atoms with van der Waals surface area (Å²) in [6.45, 7) is 3.30. The molecule has 0 aromatic carbocycles. The highest BCUT2D eigenvalue weighted by Crippen LogP contribution is 2.14. The van der Waals surface area contributed by atoms with Gasteiger partial charge in [-0.1, -0.05) is 31.9 Å². The van der Waals surface area contributed by atoms with Crippen LogP contribution in [0.25, 0.3) is 0 Å². The van der Waals surface area contributed by atoms with Crippen LogP contribution in [-0.4, -0.2) is 17.6 Å². The molecule has 2 heteroatoms. The second-order valence-electron chi connectivity index (χ2n) is 3.87. The molecule has 1 atom stereocenters. The molecule has 76 valence electrons. The van der Waals surface area contributed by atoms with Crippen molar-refractivity contribution in [3.63, 3.8) is 0 Å². The van der Waals surface area contributed by atoms with Crippen LogP contribution in [0.3, 0.4) is 0 Å². The largest absolute Gasteiger partial charge is 0.268 e. The Kier molecular flexibility index (Phi) is 5.09. The zero-order valence-electron chi connectivity index (χ0n) is 8.71. The van der Waals surface area contributed by atoms with E-state index in [-0.39, 0.29) is 0 Å². The molecule has 2 nitrogen and oxygen atoms in total. The summed E-state index contributed by atoms with van der Waals surface area (Å²) in [6.07, 6.45) is 12.3. The van der Waals surface area contributed by atoms with Gasteiger partial charge in [-0.05, 0) is 25.7 Å². The lowest BCUT2D eigenvalue weighted by molar-refractivity contribution is 0.301. The molecule has 0 aliphatic carbocycles. The van der Waals surface area contributed by atoms with Gasteiger partial charge in [0.15, 0.2) is 0 Å². The maximum atomic E-state index is 5.80. The average Bonchev–Trinajstić information content (AvgIpc) is 2.52.